The summed E-state index contributed by atoms with van der Waals surface area (Å²) in [6, 6.07) is 4.22. The highest BCUT2D eigenvalue weighted by Crippen LogP contribution is 2.39. The van der Waals surface area contributed by atoms with Crippen molar-refractivity contribution in [3.05, 3.63) is 18.5 Å². The highest BCUT2D eigenvalue weighted by atomic mass is 16.2. The first-order valence-electron chi connectivity index (χ1n) is 6.96. The van der Waals surface area contributed by atoms with Gasteiger partial charge in [-0.1, -0.05) is 0 Å². The van der Waals surface area contributed by atoms with E-state index in [2.05, 4.69) is 21.8 Å². The van der Waals surface area contributed by atoms with Gasteiger partial charge >= 0.3 is 0 Å². The van der Waals surface area contributed by atoms with Crippen LogP contribution < -0.4 is 10.6 Å². The van der Waals surface area contributed by atoms with Crippen LogP contribution >= 0.6 is 0 Å². The molecule has 2 atom stereocenters. The maximum Gasteiger partial charge on any atom is 0.235 e. The molecule has 0 radical (unpaired) electrons. The molecule has 108 valence electrons. The Morgan fingerprint density at radius 2 is 2.40 bits per heavy atom. The molecule has 2 rings (SSSR count). The van der Waals surface area contributed by atoms with Gasteiger partial charge in [-0.05, 0) is 38.7 Å². The molecule has 1 aromatic heterocycles. The van der Waals surface area contributed by atoms with Gasteiger partial charge in [0.05, 0.1) is 19.2 Å². The number of hydrogen-bond acceptors (Lipinski definition) is 4. The van der Waals surface area contributed by atoms with Gasteiger partial charge in [-0.3, -0.25) is 9.48 Å². The molecule has 1 aliphatic rings. The lowest BCUT2D eigenvalue weighted by Crippen LogP contribution is -2.50. The molecular formula is C14H21N5O. The second-order valence-corrected chi connectivity index (χ2v) is 5.65. The van der Waals surface area contributed by atoms with Gasteiger partial charge in [0.1, 0.15) is 5.54 Å². The Bertz CT molecular complexity index is 488. The van der Waals surface area contributed by atoms with E-state index in [4.69, 9.17) is 0 Å². The summed E-state index contributed by atoms with van der Waals surface area (Å²) in [6.45, 7) is 4.72. The molecule has 0 saturated heterocycles. The van der Waals surface area contributed by atoms with E-state index in [1.807, 2.05) is 23.9 Å². The van der Waals surface area contributed by atoms with Crippen molar-refractivity contribution in [1.29, 1.82) is 5.26 Å². The van der Waals surface area contributed by atoms with Gasteiger partial charge < -0.3 is 10.6 Å². The van der Waals surface area contributed by atoms with Gasteiger partial charge in [-0.2, -0.15) is 10.4 Å². The standard InChI is InChI=1S/C14H21N5O/c1-11(9-19-7-3-6-17-19)16-8-13(20)18-14(2,10-15)12-4-5-12/h3,6-7,11-12,16H,4-5,8-9H2,1-2H3,(H,18,20)/t11-,14+/m1/s1. The van der Waals surface area contributed by atoms with Gasteiger partial charge in [0.2, 0.25) is 5.91 Å². The third kappa shape index (κ3) is 3.81. The lowest BCUT2D eigenvalue weighted by molar-refractivity contribution is -0.121. The molecule has 0 spiro atoms. The average molecular weight is 275 g/mol. The summed E-state index contributed by atoms with van der Waals surface area (Å²) in [5, 5.41) is 19.3. The van der Waals surface area contributed by atoms with Crippen molar-refractivity contribution in [2.75, 3.05) is 6.54 Å². The van der Waals surface area contributed by atoms with Crippen LogP contribution in [0.25, 0.3) is 0 Å². The fourth-order valence-electron chi connectivity index (χ4n) is 2.24. The van der Waals surface area contributed by atoms with Crippen LogP contribution in [0.4, 0.5) is 0 Å². The third-order valence-electron chi connectivity index (χ3n) is 3.66. The lowest BCUT2D eigenvalue weighted by Gasteiger charge is -2.23. The SMILES string of the molecule is C[C@H](Cn1cccn1)NCC(=O)N[C@@](C)(C#N)C1CC1. The molecule has 0 unspecified atom stereocenters. The Labute approximate surface area is 119 Å². The van der Waals surface area contributed by atoms with Gasteiger partial charge in [0.25, 0.3) is 0 Å². The molecule has 1 aliphatic carbocycles. The molecular weight excluding hydrogens is 254 g/mol. The van der Waals surface area contributed by atoms with Crippen LogP contribution in [0.1, 0.15) is 26.7 Å². The smallest absolute Gasteiger partial charge is 0.235 e. The van der Waals surface area contributed by atoms with Crippen molar-refractivity contribution in [3.8, 4) is 6.07 Å². The molecule has 6 nitrogen and oxygen atoms in total. The molecule has 1 fully saturated rings. The lowest BCUT2D eigenvalue weighted by atomic mass is 9.98. The molecule has 1 amide bonds. The number of carbonyl (C=O) groups is 1. The van der Waals surface area contributed by atoms with Crippen LogP contribution in [0.2, 0.25) is 0 Å². The minimum atomic E-state index is -0.718. The molecule has 2 N–H and O–H groups in total. The number of aromatic nitrogens is 2. The second-order valence-electron chi connectivity index (χ2n) is 5.65. The first kappa shape index (κ1) is 14.5. The van der Waals surface area contributed by atoms with Gasteiger partial charge in [0, 0.05) is 18.4 Å². The Kier molecular flexibility index (Phi) is 4.40. The minimum Gasteiger partial charge on any atom is -0.337 e. The van der Waals surface area contributed by atoms with Gasteiger partial charge in [0.15, 0.2) is 0 Å². The topological polar surface area (TPSA) is 82.7 Å². The summed E-state index contributed by atoms with van der Waals surface area (Å²) in [5.41, 5.74) is -0.718. The summed E-state index contributed by atoms with van der Waals surface area (Å²) in [4.78, 5) is 11.9. The summed E-state index contributed by atoms with van der Waals surface area (Å²) >= 11 is 0. The molecule has 1 saturated carbocycles. The zero-order valence-electron chi connectivity index (χ0n) is 12.0. The summed E-state index contributed by atoms with van der Waals surface area (Å²) in [7, 11) is 0. The molecule has 1 heterocycles. The predicted octanol–water partition coefficient (Wildman–Crippen LogP) is 0.670. The molecule has 20 heavy (non-hydrogen) atoms. The number of hydrogen-bond donors (Lipinski definition) is 2. The van der Waals surface area contributed by atoms with E-state index in [0.717, 1.165) is 12.8 Å². The van der Waals surface area contributed by atoms with E-state index in [-0.39, 0.29) is 18.5 Å². The largest absolute Gasteiger partial charge is 0.337 e. The first-order valence-corrected chi connectivity index (χ1v) is 6.96. The number of carbonyl (C=O) groups excluding carboxylic acids is 1. The number of nitriles is 1. The predicted molar refractivity (Wildman–Crippen MR) is 74.6 cm³/mol. The summed E-state index contributed by atoms with van der Waals surface area (Å²) < 4.78 is 1.82. The van der Waals surface area contributed by atoms with E-state index < -0.39 is 5.54 Å². The molecule has 0 aliphatic heterocycles. The van der Waals surface area contributed by atoms with Crippen molar-refractivity contribution in [2.45, 2.75) is 44.8 Å². The van der Waals surface area contributed by atoms with Gasteiger partial charge in [-0.25, -0.2) is 0 Å². The van der Waals surface area contributed by atoms with Crippen LogP contribution in [0.15, 0.2) is 18.5 Å². The van der Waals surface area contributed by atoms with Crippen molar-refractivity contribution in [2.24, 2.45) is 5.92 Å². The average Bonchev–Trinajstić information content (AvgIpc) is 3.17. The fraction of sp³-hybridized carbons (Fsp3) is 0.643. The second kappa shape index (κ2) is 6.06. The van der Waals surface area contributed by atoms with Crippen LogP contribution in [0, 0.1) is 17.2 Å². The maximum atomic E-state index is 11.9. The molecule has 0 bridgehead atoms. The van der Waals surface area contributed by atoms with E-state index >= 15 is 0 Å². The normalized spacial score (nSPS) is 18.9. The highest BCUT2D eigenvalue weighted by molar-refractivity contribution is 5.79. The van der Waals surface area contributed by atoms with Crippen molar-refractivity contribution in [1.82, 2.24) is 20.4 Å². The van der Waals surface area contributed by atoms with Crippen molar-refractivity contribution >= 4 is 5.91 Å². The number of nitrogens with zero attached hydrogens (tertiary/aromatic N) is 3. The zero-order valence-corrected chi connectivity index (χ0v) is 12.0. The molecule has 1 aromatic rings. The molecule has 0 aromatic carbocycles. The van der Waals surface area contributed by atoms with E-state index in [9.17, 15) is 10.1 Å². The quantitative estimate of drug-likeness (QED) is 0.766. The number of amides is 1. The Morgan fingerprint density at radius 3 is 2.95 bits per heavy atom. The van der Waals surface area contributed by atoms with Crippen LogP contribution in [-0.4, -0.2) is 33.8 Å². The first-order chi connectivity index (χ1) is 9.53. The van der Waals surface area contributed by atoms with Crippen LogP contribution in [0.3, 0.4) is 0 Å². The van der Waals surface area contributed by atoms with Crippen molar-refractivity contribution in [3.63, 3.8) is 0 Å². The molecule has 6 heteroatoms. The van der Waals surface area contributed by atoms with E-state index in [0.29, 0.717) is 12.5 Å². The Balaban J connectivity index is 1.73. The summed E-state index contributed by atoms with van der Waals surface area (Å²) in [6.07, 6.45) is 5.66. The van der Waals surface area contributed by atoms with E-state index in [1.54, 1.807) is 13.1 Å². The zero-order chi connectivity index (χ0) is 14.6. The maximum absolute atomic E-state index is 11.9. The van der Waals surface area contributed by atoms with Gasteiger partial charge in [-0.15, -0.1) is 0 Å². The third-order valence-corrected chi connectivity index (χ3v) is 3.66. The number of rotatable bonds is 7. The summed E-state index contributed by atoms with van der Waals surface area (Å²) in [5.74, 6) is 0.172. The Morgan fingerprint density at radius 1 is 1.65 bits per heavy atom. The monoisotopic (exact) mass is 275 g/mol. The number of nitrogens with one attached hydrogen (secondary N) is 2. The van der Waals surface area contributed by atoms with Crippen LogP contribution in [0.5, 0.6) is 0 Å². The Hall–Kier alpha value is -1.87. The van der Waals surface area contributed by atoms with Crippen molar-refractivity contribution < 1.29 is 4.79 Å². The minimum absolute atomic E-state index is 0.131. The highest BCUT2D eigenvalue weighted by Gasteiger charge is 2.42. The fourth-order valence-corrected chi connectivity index (χ4v) is 2.24. The van der Waals surface area contributed by atoms with Crippen LogP contribution in [-0.2, 0) is 11.3 Å². The van der Waals surface area contributed by atoms with E-state index in [1.165, 1.54) is 0 Å².